The summed E-state index contributed by atoms with van der Waals surface area (Å²) in [6.45, 7) is 2.17. The van der Waals surface area contributed by atoms with Crippen LogP contribution in [0, 0.1) is 0 Å². The third-order valence-electron chi connectivity index (χ3n) is 3.94. The van der Waals surface area contributed by atoms with Crippen molar-refractivity contribution in [3.05, 3.63) is 96.1 Å². The summed E-state index contributed by atoms with van der Waals surface area (Å²) in [7, 11) is 0. The van der Waals surface area contributed by atoms with Crippen molar-refractivity contribution in [2.45, 2.75) is 19.6 Å². The quantitative estimate of drug-likeness (QED) is 0.475. The molecule has 0 aromatic heterocycles. The molecule has 3 aromatic carbocycles. The van der Waals surface area contributed by atoms with Gasteiger partial charge in [0.1, 0.15) is 18.1 Å². The van der Waals surface area contributed by atoms with Crippen molar-refractivity contribution in [1.29, 1.82) is 0 Å². The molecule has 142 valence electrons. The maximum atomic E-state index is 12.1. The lowest BCUT2D eigenvalue weighted by Crippen LogP contribution is -2.33. The average Bonchev–Trinajstić information content (AvgIpc) is 2.74. The Morgan fingerprint density at radius 3 is 2.21 bits per heavy atom. The van der Waals surface area contributed by atoms with Crippen LogP contribution in [0.25, 0.3) is 0 Å². The molecule has 0 spiro atoms. The Hall–Kier alpha value is -3.60. The van der Waals surface area contributed by atoms with Crippen LogP contribution in [-0.4, -0.2) is 18.2 Å². The second-order valence-electron chi connectivity index (χ2n) is 6.15. The Balaban J connectivity index is 1.46. The zero-order chi connectivity index (χ0) is 19.6. The number of nitrogens with zero attached hydrogens (tertiary/aromatic N) is 1. The van der Waals surface area contributed by atoms with Gasteiger partial charge in [0.15, 0.2) is 6.10 Å². The predicted molar refractivity (Wildman–Crippen MR) is 109 cm³/mol. The first-order valence-electron chi connectivity index (χ1n) is 9.02. The van der Waals surface area contributed by atoms with E-state index in [0.717, 1.165) is 16.9 Å². The first kappa shape index (κ1) is 19.2. The lowest BCUT2D eigenvalue weighted by molar-refractivity contribution is -0.127. The normalized spacial score (nSPS) is 11.8. The van der Waals surface area contributed by atoms with E-state index in [9.17, 15) is 4.79 Å². The van der Waals surface area contributed by atoms with Crippen LogP contribution in [0.5, 0.6) is 11.5 Å². The highest BCUT2D eigenvalue weighted by Gasteiger charge is 2.13. The van der Waals surface area contributed by atoms with Crippen molar-refractivity contribution >= 4 is 12.1 Å². The summed E-state index contributed by atoms with van der Waals surface area (Å²) in [4.78, 5) is 12.1. The van der Waals surface area contributed by atoms with Gasteiger partial charge >= 0.3 is 0 Å². The summed E-state index contributed by atoms with van der Waals surface area (Å²) in [5.41, 5.74) is 4.49. The van der Waals surface area contributed by atoms with E-state index in [2.05, 4.69) is 10.5 Å². The number of rotatable bonds is 8. The van der Waals surface area contributed by atoms with E-state index in [-0.39, 0.29) is 5.91 Å². The van der Waals surface area contributed by atoms with E-state index in [1.807, 2.05) is 72.8 Å². The molecule has 0 radical (unpaired) electrons. The molecule has 5 heteroatoms. The van der Waals surface area contributed by atoms with Crippen LogP contribution in [0.2, 0.25) is 0 Å². The maximum Gasteiger partial charge on any atom is 0.280 e. The molecule has 1 atom stereocenters. The number of hydrogen-bond acceptors (Lipinski definition) is 4. The van der Waals surface area contributed by atoms with Gasteiger partial charge in [0.2, 0.25) is 0 Å². The molecule has 0 bridgehead atoms. The summed E-state index contributed by atoms with van der Waals surface area (Å²) < 4.78 is 11.4. The van der Waals surface area contributed by atoms with Crippen molar-refractivity contribution in [3.63, 3.8) is 0 Å². The number of ether oxygens (including phenoxy) is 2. The Morgan fingerprint density at radius 1 is 0.929 bits per heavy atom. The number of carbonyl (C=O) groups is 1. The lowest BCUT2D eigenvalue weighted by Gasteiger charge is -2.13. The van der Waals surface area contributed by atoms with Gasteiger partial charge in [-0.1, -0.05) is 60.7 Å². The molecule has 0 saturated heterocycles. The summed E-state index contributed by atoms with van der Waals surface area (Å²) in [5, 5.41) is 3.95. The zero-order valence-corrected chi connectivity index (χ0v) is 15.6. The number of hydrogen-bond donors (Lipinski definition) is 1. The summed E-state index contributed by atoms with van der Waals surface area (Å²) in [6, 6.07) is 26.7. The zero-order valence-electron chi connectivity index (χ0n) is 15.6. The second kappa shape index (κ2) is 9.92. The van der Waals surface area contributed by atoms with Gasteiger partial charge in [0.05, 0.1) is 6.21 Å². The Bertz CT molecular complexity index is 894. The molecule has 0 heterocycles. The van der Waals surface area contributed by atoms with Crippen molar-refractivity contribution in [3.8, 4) is 11.5 Å². The molecule has 0 aliphatic carbocycles. The topological polar surface area (TPSA) is 59.9 Å². The molecular weight excluding hydrogens is 352 g/mol. The van der Waals surface area contributed by atoms with Gasteiger partial charge in [-0.3, -0.25) is 4.79 Å². The molecule has 0 fully saturated rings. The van der Waals surface area contributed by atoms with Gasteiger partial charge in [-0.25, -0.2) is 5.43 Å². The standard InChI is InChI=1S/C23H22N2O3/c1-18(23(26)25-24-16-19-8-4-2-5-9-19)28-22-14-12-21(13-15-22)27-17-20-10-6-3-7-11-20/h2-16,18H,17H2,1H3,(H,25,26). The molecule has 1 N–H and O–H groups in total. The molecule has 1 unspecified atom stereocenters. The second-order valence-corrected chi connectivity index (χ2v) is 6.15. The highest BCUT2D eigenvalue weighted by molar-refractivity contribution is 5.84. The molecule has 3 aromatic rings. The molecular formula is C23H22N2O3. The van der Waals surface area contributed by atoms with Gasteiger partial charge in [0.25, 0.3) is 5.91 Å². The van der Waals surface area contributed by atoms with Crippen LogP contribution < -0.4 is 14.9 Å². The van der Waals surface area contributed by atoms with E-state index < -0.39 is 6.10 Å². The molecule has 1 amide bonds. The maximum absolute atomic E-state index is 12.1. The van der Waals surface area contributed by atoms with Gasteiger partial charge in [-0.2, -0.15) is 5.10 Å². The minimum absolute atomic E-state index is 0.323. The molecule has 3 rings (SSSR count). The van der Waals surface area contributed by atoms with E-state index in [1.54, 1.807) is 25.3 Å². The molecule has 0 aliphatic heterocycles. The van der Waals surface area contributed by atoms with Crippen LogP contribution >= 0.6 is 0 Å². The largest absolute Gasteiger partial charge is 0.489 e. The third-order valence-corrected chi connectivity index (χ3v) is 3.94. The van der Waals surface area contributed by atoms with Crippen molar-refractivity contribution < 1.29 is 14.3 Å². The lowest BCUT2D eigenvalue weighted by atomic mass is 10.2. The SMILES string of the molecule is CC(Oc1ccc(OCc2ccccc2)cc1)C(=O)NN=Cc1ccccc1. The number of hydrazone groups is 1. The Labute approximate surface area is 164 Å². The smallest absolute Gasteiger partial charge is 0.280 e. The highest BCUT2D eigenvalue weighted by atomic mass is 16.5. The molecule has 0 saturated carbocycles. The minimum Gasteiger partial charge on any atom is -0.489 e. The van der Waals surface area contributed by atoms with E-state index in [0.29, 0.717) is 12.4 Å². The van der Waals surface area contributed by atoms with Crippen LogP contribution in [0.4, 0.5) is 0 Å². The van der Waals surface area contributed by atoms with E-state index in [4.69, 9.17) is 9.47 Å². The van der Waals surface area contributed by atoms with Gasteiger partial charge in [-0.05, 0) is 42.3 Å². The summed E-state index contributed by atoms with van der Waals surface area (Å²) in [6.07, 6.45) is 0.910. The number of amides is 1. The van der Waals surface area contributed by atoms with Crippen LogP contribution in [-0.2, 0) is 11.4 Å². The van der Waals surface area contributed by atoms with Gasteiger partial charge in [0, 0.05) is 0 Å². The number of carbonyl (C=O) groups excluding carboxylic acids is 1. The van der Waals surface area contributed by atoms with Gasteiger partial charge < -0.3 is 9.47 Å². The first-order valence-corrected chi connectivity index (χ1v) is 9.02. The fourth-order valence-corrected chi connectivity index (χ4v) is 2.41. The number of benzene rings is 3. The highest BCUT2D eigenvalue weighted by Crippen LogP contribution is 2.19. The summed E-state index contributed by atoms with van der Waals surface area (Å²) in [5.74, 6) is 0.999. The van der Waals surface area contributed by atoms with Crippen molar-refractivity contribution in [2.75, 3.05) is 0 Å². The Morgan fingerprint density at radius 2 is 1.54 bits per heavy atom. The van der Waals surface area contributed by atoms with Crippen LogP contribution in [0.3, 0.4) is 0 Å². The molecule has 5 nitrogen and oxygen atoms in total. The minimum atomic E-state index is -0.677. The average molecular weight is 374 g/mol. The summed E-state index contributed by atoms with van der Waals surface area (Å²) >= 11 is 0. The third kappa shape index (κ3) is 5.99. The van der Waals surface area contributed by atoms with E-state index >= 15 is 0 Å². The fraction of sp³-hybridized carbons (Fsp3) is 0.130. The Kier molecular flexibility index (Phi) is 6.79. The predicted octanol–water partition coefficient (Wildman–Crippen LogP) is 4.18. The van der Waals surface area contributed by atoms with Crippen molar-refractivity contribution in [2.24, 2.45) is 5.10 Å². The first-order chi connectivity index (χ1) is 13.7. The van der Waals surface area contributed by atoms with Crippen LogP contribution in [0.1, 0.15) is 18.1 Å². The number of nitrogens with one attached hydrogen (secondary N) is 1. The van der Waals surface area contributed by atoms with Crippen LogP contribution in [0.15, 0.2) is 90.0 Å². The molecule has 0 aliphatic rings. The van der Waals surface area contributed by atoms with Crippen molar-refractivity contribution in [1.82, 2.24) is 5.43 Å². The van der Waals surface area contributed by atoms with Gasteiger partial charge in [-0.15, -0.1) is 0 Å². The fourth-order valence-electron chi connectivity index (χ4n) is 2.41. The monoisotopic (exact) mass is 374 g/mol. The van der Waals surface area contributed by atoms with E-state index in [1.165, 1.54) is 0 Å². The molecule has 28 heavy (non-hydrogen) atoms.